The van der Waals surface area contributed by atoms with Crippen molar-refractivity contribution >= 4 is 17.7 Å². The molecule has 14 heavy (non-hydrogen) atoms. The van der Waals surface area contributed by atoms with E-state index < -0.39 is 11.6 Å². The minimum Gasteiger partial charge on any atom is -0.339 e. The molecule has 1 aliphatic heterocycles. The van der Waals surface area contributed by atoms with Crippen molar-refractivity contribution < 1.29 is 13.6 Å². The highest BCUT2D eigenvalue weighted by atomic mass is 32.2. The maximum Gasteiger partial charge on any atom is 0.231 e. The highest BCUT2D eigenvalue weighted by molar-refractivity contribution is 8.00. The smallest absolute Gasteiger partial charge is 0.231 e. The Morgan fingerprint density at radius 2 is 1.93 bits per heavy atom. The molecule has 1 fully saturated rings. The van der Waals surface area contributed by atoms with E-state index in [0.29, 0.717) is 11.3 Å². The fourth-order valence-electron chi connectivity index (χ4n) is 1.29. The molecule has 1 amide bonds. The zero-order chi connectivity index (χ0) is 10.1. The van der Waals surface area contributed by atoms with Crippen LogP contribution in [-0.4, -0.2) is 11.7 Å². The third-order valence-electron chi connectivity index (χ3n) is 1.86. The van der Waals surface area contributed by atoms with E-state index >= 15 is 0 Å². The number of carbonyl (C=O) groups is 1. The van der Waals surface area contributed by atoms with Gasteiger partial charge in [-0.2, -0.15) is 0 Å². The van der Waals surface area contributed by atoms with Crippen LogP contribution < -0.4 is 5.32 Å². The lowest BCUT2D eigenvalue weighted by Gasteiger charge is -2.09. The molecule has 0 spiro atoms. The van der Waals surface area contributed by atoms with Gasteiger partial charge in [-0.1, -0.05) is 0 Å². The fourth-order valence-corrected chi connectivity index (χ4v) is 2.24. The van der Waals surface area contributed by atoms with Gasteiger partial charge in [0, 0.05) is 6.07 Å². The fraction of sp³-hybridized carbons (Fsp3) is 0.222. The second-order valence-corrected chi connectivity index (χ2v) is 4.05. The quantitative estimate of drug-likeness (QED) is 0.774. The van der Waals surface area contributed by atoms with E-state index in [9.17, 15) is 13.6 Å². The molecule has 2 rings (SSSR count). The molecular formula is C9H7F2NOS. The minimum atomic E-state index is -0.623. The van der Waals surface area contributed by atoms with E-state index in [-0.39, 0.29) is 11.3 Å². The highest BCUT2D eigenvalue weighted by Crippen LogP contribution is 2.31. The summed E-state index contributed by atoms with van der Waals surface area (Å²) in [5.74, 6) is -1.02. The molecular weight excluding hydrogens is 208 g/mol. The van der Waals surface area contributed by atoms with Crippen LogP contribution in [0.15, 0.2) is 18.2 Å². The van der Waals surface area contributed by atoms with Crippen molar-refractivity contribution in [3.63, 3.8) is 0 Å². The van der Waals surface area contributed by atoms with Crippen LogP contribution in [0, 0.1) is 11.6 Å². The van der Waals surface area contributed by atoms with Gasteiger partial charge in [0.2, 0.25) is 5.91 Å². The third kappa shape index (κ3) is 1.87. The van der Waals surface area contributed by atoms with Crippen molar-refractivity contribution in [3.05, 3.63) is 35.4 Å². The predicted octanol–water partition coefficient (Wildman–Crippen LogP) is 1.83. The third-order valence-corrected chi connectivity index (χ3v) is 3.01. The highest BCUT2D eigenvalue weighted by Gasteiger charge is 2.23. The first-order valence-electron chi connectivity index (χ1n) is 4.02. The molecule has 0 saturated carbocycles. The molecule has 74 valence electrons. The lowest BCUT2D eigenvalue weighted by molar-refractivity contribution is -0.118. The Hall–Kier alpha value is -1.10. The van der Waals surface area contributed by atoms with Crippen molar-refractivity contribution in [1.29, 1.82) is 0 Å². The van der Waals surface area contributed by atoms with Crippen LogP contribution in [0.4, 0.5) is 8.78 Å². The topological polar surface area (TPSA) is 29.1 Å². The number of amides is 1. The Balaban J connectivity index is 2.27. The lowest BCUT2D eigenvalue weighted by Crippen LogP contribution is -2.19. The summed E-state index contributed by atoms with van der Waals surface area (Å²) in [6.45, 7) is 0. The summed E-state index contributed by atoms with van der Waals surface area (Å²) in [6.07, 6.45) is 0. The van der Waals surface area contributed by atoms with Gasteiger partial charge in [-0.25, -0.2) is 8.78 Å². The molecule has 1 unspecified atom stereocenters. The van der Waals surface area contributed by atoms with E-state index in [1.807, 2.05) is 0 Å². The number of hydrogen-bond acceptors (Lipinski definition) is 2. The van der Waals surface area contributed by atoms with Gasteiger partial charge in [0.25, 0.3) is 0 Å². The second-order valence-electron chi connectivity index (χ2n) is 2.96. The number of rotatable bonds is 1. The molecule has 1 aliphatic rings. The number of carbonyl (C=O) groups excluding carboxylic acids is 1. The summed E-state index contributed by atoms with van der Waals surface area (Å²) < 4.78 is 25.6. The number of halogens is 2. The standard InChI is InChI=1S/C9H7F2NOS/c10-6-1-5(2-7(11)3-6)9-12-8(13)4-14-9/h1-3,9H,4H2,(H,12,13). The van der Waals surface area contributed by atoms with Crippen LogP contribution in [0.1, 0.15) is 10.9 Å². The monoisotopic (exact) mass is 215 g/mol. The molecule has 0 bridgehead atoms. The molecule has 1 atom stereocenters. The van der Waals surface area contributed by atoms with Gasteiger partial charge in [-0.15, -0.1) is 11.8 Å². The van der Waals surface area contributed by atoms with Crippen LogP contribution >= 0.6 is 11.8 Å². The molecule has 0 radical (unpaired) electrons. The summed E-state index contributed by atoms with van der Waals surface area (Å²) in [4.78, 5) is 10.9. The zero-order valence-electron chi connectivity index (χ0n) is 7.09. The van der Waals surface area contributed by atoms with Crippen LogP contribution in [0.3, 0.4) is 0 Å². The molecule has 0 aliphatic carbocycles. The summed E-state index contributed by atoms with van der Waals surface area (Å²) in [5.41, 5.74) is 0.457. The molecule has 0 aromatic heterocycles. The Labute approximate surface area is 83.7 Å². The van der Waals surface area contributed by atoms with Gasteiger partial charge >= 0.3 is 0 Å². The number of hydrogen-bond donors (Lipinski definition) is 1. The van der Waals surface area contributed by atoms with Gasteiger partial charge in [0.05, 0.1) is 5.75 Å². The summed E-state index contributed by atoms with van der Waals surface area (Å²) >= 11 is 1.33. The Morgan fingerprint density at radius 3 is 2.43 bits per heavy atom. The molecule has 1 N–H and O–H groups in total. The lowest BCUT2D eigenvalue weighted by atomic mass is 10.2. The van der Waals surface area contributed by atoms with Crippen molar-refractivity contribution in [2.24, 2.45) is 0 Å². The normalized spacial score (nSPS) is 21.0. The number of benzene rings is 1. The van der Waals surface area contributed by atoms with E-state index in [1.54, 1.807) is 0 Å². The van der Waals surface area contributed by atoms with Crippen molar-refractivity contribution in [2.75, 3.05) is 5.75 Å². The maximum absolute atomic E-state index is 12.8. The molecule has 2 nitrogen and oxygen atoms in total. The maximum atomic E-state index is 12.8. The van der Waals surface area contributed by atoms with Crippen molar-refractivity contribution in [3.8, 4) is 0 Å². The molecule has 1 saturated heterocycles. The van der Waals surface area contributed by atoms with Gasteiger partial charge in [-0.3, -0.25) is 4.79 Å². The molecule has 1 aromatic carbocycles. The zero-order valence-corrected chi connectivity index (χ0v) is 7.91. The van der Waals surface area contributed by atoms with E-state index in [0.717, 1.165) is 6.07 Å². The van der Waals surface area contributed by atoms with E-state index in [4.69, 9.17) is 0 Å². The Kier molecular flexibility index (Phi) is 2.41. The predicted molar refractivity (Wildman–Crippen MR) is 49.7 cm³/mol. The molecule has 1 heterocycles. The first-order chi connectivity index (χ1) is 6.65. The second kappa shape index (κ2) is 3.57. The largest absolute Gasteiger partial charge is 0.339 e. The van der Waals surface area contributed by atoms with E-state index in [1.165, 1.54) is 23.9 Å². The van der Waals surface area contributed by atoms with Crippen LogP contribution in [-0.2, 0) is 4.79 Å². The van der Waals surface area contributed by atoms with E-state index in [2.05, 4.69) is 5.32 Å². The average molecular weight is 215 g/mol. The molecule has 5 heteroatoms. The Bertz CT molecular complexity index is 363. The minimum absolute atomic E-state index is 0.107. The first kappa shape index (κ1) is 9.45. The average Bonchev–Trinajstić information content (AvgIpc) is 2.50. The summed E-state index contributed by atoms with van der Waals surface area (Å²) in [7, 11) is 0. The number of nitrogens with one attached hydrogen (secondary N) is 1. The van der Waals surface area contributed by atoms with Crippen molar-refractivity contribution in [1.82, 2.24) is 5.32 Å². The van der Waals surface area contributed by atoms with Gasteiger partial charge in [-0.05, 0) is 17.7 Å². The van der Waals surface area contributed by atoms with Gasteiger partial charge in [0.15, 0.2) is 0 Å². The van der Waals surface area contributed by atoms with Crippen molar-refractivity contribution in [2.45, 2.75) is 5.37 Å². The van der Waals surface area contributed by atoms with Gasteiger partial charge < -0.3 is 5.32 Å². The summed E-state index contributed by atoms with van der Waals surface area (Å²) in [6, 6.07) is 3.27. The summed E-state index contributed by atoms with van der Waals surface area (Å²) in [5, 5.41) is 2.29. The van der Waals surface area contributed by atoms with Crippen LogP contribution in [0.5, 0.6) is 0 Å². The van der Waals surface area contributed by atoms with Crippen LogP contribution in [0.2, 0.25) is 0 Å². The Morgan fingerprint density at radius 1 is 1.29 bits per heavy atom. The number of thioether (sulfide) groups is 1. The first-order valence-corrected chi connectivity index (χ1v) is 5.07. The van der Waals surface area contributed by atoms with Gasteiger partial charge in [0.1, 0.15) is 17.0 Å². The molecule has 1 aromatic rings. The SMILES string of the molecule is O=C1CSC(c2cc(F)cc(F)c2)N1. The van der Waals surface area contributed by atoms with Crippen LogP contribution in [0.25, 0.3) is 0 Å².